The Morgan fingerprint density at radius 1 is 1.13 bits per heavy atom. The zero-order valence-corrected chi connectivity index (χ0v) is 14.1. The molecule has 23 heavy (non-hydrogen) atoms. The summed E-state index contributed by atoms with van der Waals surface area (Å²) in [5.74, 6) is 1.68. The smallest absolute Gasteiger partial charge is 0.271 e. The number of nitrogens with one attached hydrogen (secondary N) is 1. The number of nitrogens with zero attached hydrogens (tertiary/aromatic N) is 3. The summed E-state index contributed by atoms with van der Waals surface area (Å²) in [5.41, 5.74) is 0.384. The number of amides is 1. The van der Waals surface area contributed by atoms with Gasteiger partial charge in [0.25, 0.3) is 5.91 Å². The Labute approximate surface area is 138 Å². The second-order valence-electron chi connectivity index (χ2n) is 6.93. The van der Waals surface area contributed by atoms with Gasteiger partial charge in [0.1, 0.15) is 0 Å². The van der Waals surface area contributed by atoms with Crippen LogP contribution in [0.2, 0.25) is 0 Å². The molecular formula is C18H28N4O. The van der Waals surface area contributed by atoms with Crippen molar-refractivity contribution in [3.63, 3.8) is 0 Å². The van der Waals surface area contributed by atoms with Gasteiger partial charge in [-0.05, 0) is 43.7 Å². The molecule has 1 saturated carbocycles. The van der Waals surface area contributed by atoms with Gasteiger partial charge in [0.2, 0.25) is 0 Å². The fraction of sp³-hybridized carbons (Fsp3) is 0.722. The van der Waals surface area contributed by atoms with E-state index < -0.39 is 0 Å². The number of carbonyl (C=O) groups is 1. The number of carbonyl (C=O) groups excluding carboxylic acids is 1. The number of aromatic nitrogens is 2. The lowest BCUT2D eigenvalue weighted by Gasteiger charge is -2.28. The van der Waals surface area contributed by atoms with Crippen LogP contribution in [0.3, 0.4) is 0 Å². The van der Waals surface area contributed by atoms with Crippen LogP contribution in [0.1, 0.15) is 68.3 Å². The number of hydrogen-bond acceptors (Lipinski definition) is 4. The van der Waals surface area contributed by atoms with Gasteiger partial charge in [0.05, 0.1) is 0 Å². The van der Waals surface area contributed by atoms with Gasteiger partial charge in [0, 0.05) is 19.6 Å². The van der Waals surface area contributed by atoms with E-state index in [2.05, 4.69) is 20.4 Å². The standard InChI is InChI=1S/C18H28N4O/c1-19-18(23)16-11-12-17(21-20-16)22-13-5-8-15(22)10-9-14-6-3-2-4-7-14/h11-12,14-15H,2-10,13H2,1H3,(H,19,23). The molecule has 0 radical (unpaired) electrons. The van der Waals surface area contributed by atoms with E-state index in [0.717, 1.165) is 18.3 Å². The van der Waals surface area contributed by atoms with Crippen molar-refractivity contribution < 1.29 is 4.79 Å². The third kappa shape index (κ3) is 4.01. The van der Waals surface area contributed by atoms with E-state index in [1.165, 1.54) is 57.8 Å². The Bertz CT molecular complexity index is 510. The Kier molecular flexibility index (Phi) is 5.47. The third-order valence-corrected chi connectivity index (χ3v) is 5.41. The number of hydrogen-bond donors (Lipinski definition) is 1. The van der Waals surface area contributed by atoms with E-state index in [1.807, 2.05) is 6.07 Å². The second-order valence-corrected chi connectivity index (χ2v) is 6.93. The second kappa shape index (κ2) is 7.75. The van der Waals surface area contributed by atoms with E-state index in [1.54, 1.807) is 13.1 Å². The normalized spacial score (nSPS) is 22.3. The van der Waals surface area contributed by atoms with Crippen LogP contribution < -0.4 is 10.2 Å². The van der Waals surface area contributed by atoms with Crippen LogP contribution >= 0.6 is 0 Å². The van der Waals surface area contributed by atoms with Crippen molar-refractivity contribution in [3.8, 4) is 0 Å². The van der Waals surface area contributed by atoms with Crippen molar-refractivity contribution in [2.45, 2.75) is 63.8 Å². The zero-order valence-electron chi connectivity index (χ0n) is 14.1. The van der Waals surface area contributed by atoms with Crippen molar-refractivity contribution in [1.82, 2.24) is 15.5 Å². The first-order valence-corrected chi connectivity index (χ1v) is 9.10. The molecule has 126 valence electrons. The molecule has 5 heteroatoms. The van der Waals surface area contributed by atoms with E-state index in [-0.39, 0.29) is 5.91 Å². The monoisotopic (exact) mass is 316 g/mol. The van der Waals surface area contributed by atoms with Crippen LogP contribution in [0.4, 0.5) is 5.82 Å². The molecule has 1 unspecified atom stereocenters. The molecule has 0 bridgehead atoms. The topological polar surface area (TPSA) is 58.1 Å². The lowest BCUT2D eigenvalue weighted by molar-refractivity contribution is 0.0957. The van der Waals surface area contributed by atoms with Gasteiger partial charge < -0.3 is 10.2 Å². The predicted molar refractivity (Wildman–Crippen MR) is 91.6 cm³/mol. The minimum atomic E-state index is -0.181. The Morgan fingerprint density at radius 2 is 1.96 bits per heavy atom. The van der Waals surface area contributed by atoms with Crippen LogP contribution in [0, 0.1) is 5.92 Å². The van der Waals surface area contributed by atoms with Gasteiger partial charge in [-0.2, -0.15) is 0 Å². The summed E-state index contributed by atoms with van der Waals surface area (Å²) < 4.78 is 0. The fourth-order valence-electron chi connectivity index (χ4n) is 4.07. The Morgan fingerprint density at radius 3 is 2.65 bits per heavy atom. The van der Waals surface area contributed by atoms with Gasteiger partial charge in [-0.25, -0.2) is 0 Å². The lowest BCUT2D eigenvalue weighted by atomic mass is 9.85. The Balaban J connectivity index is 1.58. The van der Waals surface area contributed by atoms with E-state index in [9.17, 15) is 4.79 Å². The third-order valence-electron chi connectivity index (χ3n) is 5.41. The average Bonchev–Trinajstić information content (AvgIpc) is 3.09. The molecule has 1 aliphatic carbocycles. The summed E-state index contributed by atoms with van der Waals surface area (Å²) in [6.45, 7) is 1.06. The van der Waals surface area contributed by atoms with Crippen LogP contribution in [0.5, 0.6) is 0 Å². The van der Waals surface area contributed by atoms with Crippen molar-refractivity contribution in [1.29, 1.82) is 0 Å². The highest BCUT2D eigenvalue weighted by atomic mass is 16.1. The molecule has 5 nitrogen and oxygen atoms in total. The molecule has 2 fully saturated rings. The molecule has 0 aromatic carbocycles. The summed E-state index contributed by atoms with van der Waals surface area (Å²) >= 11 is 0. The van der Waals surface area contributed by atoms with Crippen LogP contribution in [0.15, 0.2) is 12.1 Å². The fourth-order valence-corrected chi connectivity index (χ4v) is 4.07. The first-order valence-electron chi connectivity index (χ1n) is 9.10. The van der Waals surface area contributed by atoms with Crippen LogP contribution in [0.25, 0.3) is 0 Å². The molecule has 1 aromatic rings. The highest BCUT2D eigenvalue weighted by Crippen LogP contribution is 2.32. The summed E-state index contributed by atoms with van der Waals surface area (Å²) in [6, 6.07) is 4.31. The first kappa shape index (κ1) is 16.2. The summed E-state index contributed by atoms with van der Waals surface area (Å²) in [6.07, 6.45) is 12.2. The predicted octanol–water partition coefficient (Wildman–Crippen LogP) is 3.17. The molecule has 1 aliphatic heterocycles. The van der Waals surface area contributed by atoms with Gasteiger partial charge >= 0.3 is 0 Å². The van der Waals surface area contributed by atoms with Crippen molar-refractivity contribution in [3.05, 3.63) is 17.8 Å². The van der Waals surface area contributed by atoms with Crippen molar-refractivity contribution in [2.75, 3.05) is 18.5 Å². The minimum Gasteiger partial charge on any atom is -0.354 e. The minimum absolute atomic E-state index is 0.181. The van der Waals surface area contributed by atoms with Crippen molar-refractivity contribution in [2.24, 2.45) is 5.92 Å². The highest BCUT2D eigenvalue weighted by molar-refractivity contribution is 5.91. The SMILES string of the molecule is CNC(=O)c1ccc(N2CCCC2CCC2CCCCC2)nn1. The largest absolute Gasteiger partial charge is 0.354 e. The van der Waals surface area contributed by atoms with Gasteiger partial charge in [-0.15, -0.1) is 10.2 Å². The Hall–Kier alpha value is -1.65. The summed E-state index contributed by atoms with van der Waals surface area (Å²) in [4.78, 5) is 14.0. The quantitative estimate of drug-likeness (QED) is 0.906. The van der Waals surface area contributed by atoms with Gasteiger partial charge in [-0.1, -0.05) is 32.1 Å². The molecule has 0 spiro atoms. The van der Waals surface area contributed by atoms with Gasteiger partial charge in [0.15, 0.2) is 11.5 Å². The molecule has 3 rings (SSSR count). The number of anilines is 1. The maximum Gasteiger partial charge on any atom is 0.271 e. The first-order chi connectivity index (χ1) is 11.3. The summed E-state index contributed by atoms with van der Waals surface area (Å²) in [7, 11) is 1.61. The van der Waals surface area contributed by atoms with E-state index in [0.29, 0.717) is 11.7 Å². The maximum absolute atomic E-state index is 11.6. The van der Waals surface area contributed by atoms with Crippen molar-refractivity contribution >= 4 is 11.7 Å². The highest BCUT2D eigenvalue weighted by Gasteiger charge is 2.27. The molecule has 1 atom stereocenters. The van der Waals surface area contributed by atoms with E-state index in [4.69, 9.17) is 0 Å². The molecule has 1 saturated heterocycles. The summed E-state index contributed by atoms with van der Waals surface area (Å²) in [5, 5.41) is 10.9. The molecule has 2 aliphatic rings. The average molecular weight is 316 g/mol. The molecule has 1 aromatic heterocycles. The molecule has 1 N–H and O–H groups in total. The molecule has 1 amide bonds. The van der Waals surface area contributed by atoms with Crippen LogP contribution in [-0.4, -0.2) is 35.7 Å². The lowest BCUT2D eigenvalue weighted by Crippen LogP contribution is -2.31. The molecular weight excluding hydrogens is 288 g/mol. The van der Waals surface area contributed by atoms with E-state index >= 15 is 0 Å². The maximum atomic E-state index is 11.6. The van der Waals surface area contributed by atoms with Crippen LogP contribution in [-0.2, 0) is 0 Å². The molecule has 2 heterocycles. The van der Waals surface area contributed by atoms with Gasteiger partial charge in [-0.3, -0.25) is 4.79 Å². The number of rotatable bonds is 5. The zero-order chi connectivity index (χ0) is 16.1.